The van der Waals surface area contributed by atoms with Crippen LogP contribution in [0.4, 0.5) is 0 Å². The molecule has 0 radical (unpaired) electrons. The van der Waals surface area contributed by atoms with Crippen molar-refractivity contribution < 1.29 is 19.0 Å². The first-order valence-electron chi connectivity index (χ1n) is 9.60. The second-order valence-electron chi connectivity index (χ2n) is 6.92. The summed E-state index contributed by atoms with van der Waals surface area (Å²) in [6, 6.07) is 18.2. The van der Waals surface area contributed by atoms with E-state index in [9.17, 15) is 4.79 Å². The number of benzene rings is 3. The largest absolute Gasteiger partial charge is 0.493 e. The van der Waals surface area contributed by atoms with Crippen molar-refractivity contribution in [2.75, 3.05) is 7.11 Å². The van der Waals surface area contributed by atoms with Crippen LogP contribution in [0, 0.1) is 0 Å². The summed E-state index contributed by atoms with van der Waals surface area (Å²) in [7, 11) is 1.56. The van der Waals surface area contributed by atoms with Gasteiger partial charge in [0.15, 0.2) is 11.5 Å². The number of esters is 1. The van der Waals surface area contributed by atoms with Crippen LogP contribution in [0.1, 0.15) is 16.7 Å². The molecule has 0 unspecified atom stereocenters. The number of rotatable bonds is 6. The molecule has 3 aromatic carbocycles. The van der Waals surface area contributed by atoms with Crippen LogP contribution in [0.3, 0.4) is 0 Å². The summed E-state index contributed by atoms with van der Waals surface area (Å²) in [6.07, 6.45) is 3.43. The number of cyclic esters (lactones) is 1. The number of carbonyl (C=O) groups is 1. The fourth-order valence-electron chi connectivity index (χ4n) is 3.15. The molecule has 1 aliphatic heterocycles. The van der Waals surface area contributed by atoms with Gasteiger partial charge < -0.3 is 14.2 Å². The van der Waals surface area contributed by atoms with Gasteiger partial charge in [-0.1, -0.05) is 41.4 Å². The molecule has 4 nitrogen and oxygen atoms in total. The first-order chi connectivity index (χ1) is 15.4. The van der Waals surface area contributed by atoms with Gasteiger partial charge in [0.05, 0.1) is 17.2 Å². The lowest BCUT2D eigenvalue weighted by Gasteiger charge is -2.14. The van der Waals surface area contributed by atoms with Crippen LogP contribution in [0.15, 0.2) is 76.8 Å². The van der Waals surface area contributed by atoms with Crippen LogP contribution in [-0.4, -0.2) is 13.1 Å². The van der Waals surface area contributed by atoms with Crippen LogP contribution >= 0.6 is 39.1 Å². The minimum absolute atomic E-state index is 0.286. The van der Waals surface area contributed by atoms with Crippen molar-refractivity contribution in [3.63, 3.8) is 0 Å². The SMILES string of the molecule is COc1cc(/C=C2\C=C(c3ccc(Cl)cc3)OC2=O)cc(Br)c1OCc1ccccc1Cl. The van der Waals surface area contributed by atoms with Crippen LogP contribution < -0.4 is 9.47 Å². The molecule has 0 aromatic heterocycles. The van der Waals surface area contributed by atoms with E-state index in [1.165, 1.54) is 0 Å². The molecular weight excluding hydrogens is 515 g/mol. The molecule has 0 bridgehead atoms. The third-order valence-corrected chi connectivity index (χ3v) is 5.97. The molecule has 0 amide bonds. The minimum atomic E-state index is -0.427. The third kappa shape index (κ3) is 5.01. The highest BCUT2D eigenvalue weighted by molar-refractivity contribution is 9.10. The maximum absolute atomic E-state index is 12.4. The van der Waals surface area contributed by atoms with Gasteiger partial charge in [-0.25, -0.2) is 4.79 Å². The quantitative estimate of drug-likeness (QED) is 0.247. The van der Waals surface area contributed by atoms with Crippen LogP contribution in [0.5, 0.6) is 11.5 Å². The number of methoxy groups -OCH3 is 1. The van der Waals surface area contributed by atoms with Gasteiger partial charge in [0.2, 0.25) is 0 Å². The maximum atomic E-state index is 12.4. The predicted octanol–water partition coefficient (Wildman–Crippen LogP) is 7.32. The molecule has 0 spiro atoms. The standard InChI is InChI=1S/C25H17BrCl2O4/c1-30-23-12-15(11-20(26)24(23)31-14-17-4-2-3-5-21(17)28)10-18-13-22(32-25(18)29)16-6-8-19(27)9-7-16/h2-13H,14H2,1H3/b18-10+. The summed E-state index contributed by atoms with van der Waals surface area (Å²) >= 11 is 15.7. The summed E-state index contributed by atoms with van der Waals surface area (Å²) in [4.78, 5) is 12.4. The normalized spacial score (nSPS) is 14.3. The number of ether oxygens (including phenoxy) is 3. The predicted molar refractivity (Wildman–Crippen MR) is 130 cm³/mol. The Kier molecular flexibility index (Phi) is 6.89. The first-order valence-corrected chi connectivity index (χ1v) is 11.1. The smallest absolute Gasteiger partial charge is 0.343 e. The van der Waals surface area contributed by atoms with Gasteiger partial charge in [-0.05, 0) is 76.1 Å². The summed E-state index contributed by atoms with van der Waals surface area (Å²) in [5, 5.41) is 1.25. The Labute approximate surface area is 204 Å². The first kappa shape index (κ1) is 22.5. The zero-order valence-corrected chi connectivity index (χ0v) is 20.0. The second-order valence-corrected chi connectivity index (χ2v) is 8.62. The number of halogens is 3. The molecule has 0 aliphatic carbocycles. The monoisotopic (exact) mass is 530 g/mol. The second kappa shape index (κ2) is 9.82. The van der Waals surface area contributed by atoms with Crippen LogP contribution in [-0.2, 0) is 16.1 Å². The summed E-state index contributed by atoms with van der Waals surface area (Å²) in [5.74, 6) is 1.11. The molecule has 0 saturated carbocycles. The Balaban J connectivity index is 1.59. The zero-order chi connectivity index (χ0) is 22.7. The number of carbonyl (C=O) groups excluding carboxylic acids is 1. The van der Waals surface area contributed by atoms with Gasteiger partial charge in [-0.3, -0.25) is 0 Å². The molecule has 0 fully saturated rings. The Bertz CT molecular complexity index is 1230. The highest BCUT2D eigenvalue weighted by Gasteiger charge is 2.22. The molecule has 3 aromatic rings. The van der Waals surface area contributed by atoms with E-state index in [1.807, 2.05) is 30.3 Å². The highest BCUT2D eigenvalue weighted by Crippen LogP contribution is 2.38. The van der Waals surface area contributed by atoms with E-state index >= 15 is 0 Å². The average molecular weight is 532 g/mol. The lowest BCUT2D eigenvalue weighted by atomic mass is 10.1. The highest BCUT2D eigenvalue weighted by atomic mass is 79.9. The van der Waals surface area contributed by atoms with Gasteiger partial charge in [0.1, 0.15) is 12.4 Å². The molecular formula is C25H17BrCl2O4. The minimum Gasteiger partial charge on any atom is -0.493 e. The molecule has 0 atom stereocenters. The summed E-state index contributed by atoms with van der Waals surface area (Å²) in [5.41, 5.74) is 2.81. The van der Waals surface area contributed by atoms with Crippen molar-refractivity contribution in [3.8, 4) is 11.5 Å². The Morgan fingerprint density at radius 1 is 1.06 bits per heavy atom. The van der Waals surface area contributed by atoms with Gasteiger partial charge in [0.25, 0.3) is 0 Å². The van der Waals surface area contributed by atoms with Gasteiger partial charge in [0, 0.05) is 21.2 Å². The van der Waals surface area contributed by atoms with Crippen LogP contribution in [0.25, 0.3) is 11.8 Å². The van der Waals surface area contributed by atoms with Gasteiger partial charge >= 0.3 is 5.97 Å². The lowest BCUT2D eigenvalue weighted by molar-refractivity contribution is -0.130. The van der Waals surface area contributed by atoms with E-state index in [0.717, 1.165) is 16.7 Å². The zero-order valence-electron chi connectivity index (χ0n) is 16.9. The molecule has 32 heavy (non-hydrogen) atoms. The van der Waals surface area contributed by atoms with Crippen molar-refractivity contribution in [2.24, 2.45) is 0 Å². The summed E-state index contributed by atoms with van der Waals surface area (Å²) in [6.45, 7) is 0.286. The molecule has 7 heteroatoms. The fraction of sp³-hybridized carbons (Fsp3) is 0.0800. The van der Waals surface area contributed by atoms with Crippen molar-refractivity contribution in [2.45, 2.75) is 6.61 Å². The molecule has 1 aliphatic rings. The maximum Gasteiger partial charge on any atom is 0.343 e. The van der Waals surface area contributed by atoms with Crippen molar-refractivity contribution in [1.82, 2.24) is 0 Å². The summed E-state index contributed by atoms with van der Waals surface area (Å²) < 4.78 is 17.6. The van der Waals surface area contributed by atoms with E-state index in [-0.39, 0.29) is 6.61 Å². The Morgan fingerprint density at radius 3 is 2.53 bits per heavy atom. The van der Waals surface area contributed by atoms with E-state index in [1.54, 1.807) is 49.6 Å². The Morgan fingerprint density at radius 2 is 1.81 bits per heavy atom. The average Bonchev–Trinajstić information content (AvgIpc) is 3.14. The van der Waals surface area contributed by atoms with Gasteiger partial charge in [-0.15, -0.1) is 0 Å². The van der Waals surface area contributed by atoms with Crippen molar-refractivity contribution in [3.05, 3.63) is 104 Å². The third-order valence-electron chi connectivity index (χ3n) is 4.76. The van der Waals surface area contributed by atoms with E-state index in [4.69, 9.17) is 37.4 Å². The van der Waals surface area contributed by atoms with Gasteiger partial charge in [-0.2, -0.15) is 0 Å². The molecule has 0 saturated heterocycles. The lowest BCUT2D eigenvalue weighted by Crippen LogP contribution is -2.00. The molecule has 1 heterocycles. The molecule has 4 rings (SSSR count). The molecule has 162 valence electrons. The Hall–Kier alpha value is -2.73. The van der Waals surface area contributed by atoms with E-state index in [2.05, 4.69) is 15.9 Å². The van der Waals surface area contributed by atoms with E-state index in [0.29, 0.717) is 37.3 Å². The number of hydrogen-bond acceptors (Lipinski definition) is 4. The van der Waals surface area contributed by atoms with Crippen molar-refractivity contribution >= 4 is 56.9 Å². The number of hydrogen-bond donors (Lipinski definition) is 0. The van der Waals surface area contributed by atoms with Crippen molar-refractivity contribution in [1.29, 1.82) is 0 Å². The van der Waals surface area contributed by atoms with Crippen LogP contribution in [0.2, 0.25) is 10.0 Å². The van der Waals surface area contributed by atoms with E-state index < -0.39 is 5.97 Å². The topological polar surface area (TPSA) is 44.8 Å². The molecule has 0 N–H and O–H groups in total. The fourth-order valence-corrected chi connectivity index (χ4v) is 4.04.